The van der Waals surface area contributed by atoms with E-state index in [9.17, 15) is 9.59 Å². The molecule has 0 saturated carbocycles. The van der Waals surface area contributed by atoms with Gasteiger partial charge in [0.15, 0.2) is 0 Å². The third kappa shape index (κ3) is 9.10. The third-order valence-corrected chi connectivity index (χ3v) is 4.77. The molecule has 1 aromatic heterocycles. The molecule has 1 saturated heterocycles. The van der Waals surface area contributed by atoms with Gasteiger partial charge in [0, 0.05) is 63.1 Å². The van der Waals surface area contributed by atoms with Gasteiger partial charge in [-0.1, -0.05) is 13.0 Å². The quantitative estimate of drug-likeness (QED) is 0.644. The molecule has 2 aromatic rings. The Kier molecular flexibility index (Phi) is 13.5. The Bertz CT molecular complexity index is 785. The van der Waals surface area contributed by atoms with E-state index in [1.807, 2.05) is 31.3 Å². The van der Waals surface area contributed by atoms with Crippen LogP contribution in [0.25, 0.3) is 0 Å². The van der Waals surface area contributed by atoms with Crippen LogP contribution in [0.15, 0.2) is 48.7 Å². The van der Waals surface area contributed by atoms with E-state index in [-0.39, 0.29) is 42.1 Å². The molecule has 2 amide bonds. The molecule has 1 aliphatic heterocycles. The van der Waals surface area contributed by atoms with Gasteiger partial charge in [0.25, 0.3) is 0 Å². The van der Waals surface area contributed by atoms with E-state index in [4.69, 9.17) is 0 Å². The second-order valence-corrected chi connectivity index (χ2v) is 6.79. The van der Waals surface area contributed by atoms with Crippen molar-refractivity contribution in [3.63, 3.8) is 0 Å². The second-order valence-electron chi connectivity index (χ2n) is 6.79. The molecule has 0 atom stereocenters. The number of anilines is 3. The van der Waals surface area contributed by atoms with E-state index < -0.39 is 0 Å². The average Bonchev–Trinajstić information content (AvgIpc) is 2.74. The maximum Gasteiger partial charge on any atom is 0.225 e. The predicted molar refractivity (Wildman–Crippen MR) is 130 cm³/mol. The van der Waals surface area contributed by atoms with Crippen LogP contribution in [-0.4, -0.2) is 59.9 Å². The monoisotopic (exact) mass is 471 g/mol. The highest BCUT2D eigenvalue weighted by Crippen LogP contribution is 2.15. The fraction of sp³-hybridized carbons (Fsp3) is 0.381. The molecule has 4 N–H and O–H groups in total. The molecular weight excluding hydrogens is 441 g/mol. The zero-order chi connectivity index (χ0) is 19.8. The van der Waals surface area contributed by atoms with Gasteiger partial charge in [0.1, 0.15) is 5.82 Å². The van der Waals surface area contributed by atoms with E-state index in [1.165, 1.54) is 0 Å². The van der Waals surface area contributed by atoms with E-state index in [2.05, 4.69) is 25.4 Å². The second kappa shape index (κ2) is 14.6. The zero-order valence-electron chi connectivity index (χ0n) is 17.5. The number of piperazine rings is 1. The SMILES string of the molecule is CCC(=O)Nc1ccc(NC(=O)CCN2CCN(c3ccccn3)CC2)cc1.Cl.Cl.O. The molecule has 2 heterocycles. The standard InChI is InChI=1S/C21H27N5O2.2ClH.H2O/c1-2-20(27)23-17-6-8-18(9-7-17)24-21(28)10-12-25-13-15-26(16-14-25)19-5-3-4-11-22-19;;;/h3-9,11H,2,10,12-16H2,1H3,(H,23,27)(H,24,28);2*1H;1H2. The van der Waals surface area contributed by atoms with Crippen LogP contribution in [0.3, 0.4) is 0 Å². The van der Waals surface area contributed by atoms with Crippen molar-refractivity contribution in [2.75, 3.05) is 48.3 Å². The van der Waals surface area contributed by atoms with Crippen molar-refractivity contribution in [3.05, 3.63) is 48.7 Å². The fourth-order valence-electron chi connectivity index (χ4n) is 3.11. The molecule has 172 valence electrons. The number of carbonyl (C=O) groups is 2. The van der Waals surface area contributed by atoms with Crippen LogP contribution in [0.5, 0.6) is 0 Å². The summed E-state index contributed by atoms with van der Waals surface area (Å²) in [5, 5.41) is 5.70. The molecule has 0 unspecified atom stereocenters. The summed E-state index contributed by atoms with van der Waals surface area (Å²) in [5.74, 6) is 0.982. The largest absolute Gasteiger partial charge is 0.412 e. The topological polar surface area (TPSA) is 109 Å². The molecule has 0 bridgehead atoms. The van der Waals surface area contributed by atoms with Gasteiger partial charge in [0.05, 0.1) is 0 Å². The summed E-state index contributed by atoms with van der Waals surface area (Å²) in [6.07, 6.45) is 2.71. The van der Waals surface area contributed by atoms with Crippen LogP contribution in [-0.2, 0) is 9.59 Å². The molecular formula is C21H31Cl2N5O3. The number of amides is 2. The van der Waals surface area contributed by atoms with E-state index in [1.54, 1.807) is 24.3 Å². The van der Waals surface area contributed by atoms with Crippen molar-refractivity contribution < 1.29 is 15.1 Å². The van der Waals surface area contributed by atoms with Crippen LogP contribution >= 0.6 is 24.8 Å². The molecule has 1 fully saturated rings. The number of rotatable bonds is 7. The number of nitrogens with one attached hydrogen (secondary N) is 2. The summed E-state index contributed by atoms with van der Waals surface area (Å²) in [4.78, 5) is 32.6. The smallest absolute Gasteiger partial charge is 0.225 e. The number of carbonyl (C=O) groups excluding carboxylic acids is 2. The molecule has 0 spiro atoms. The zero-order valence-corrected chi connectivity index (χ0v) is 19.2. The summed E-state index contributed by atoms with van der Waals surface area (Å²) in [7, 11) is 0. The minimum Gasteiger partial charge on any atom is -0.412 e. The van der Waals surface area contributed by atoms with Crippen molar-refractivity contribution in [2.45, 2.75) is 19.8 Å². The molecule has 3 rings (SSSR count). The minimum absolute atomic E-state index is 0. The Morgan fingerprint density at radius 1 is 0.903 bits per heavy atom. The van der Waals surface area contributed by atoms with E-state index in [0.717, 1.165) is 49.9 Å². The fourth-order valence-corrected chi connectivity index (χ4v) is 3.11. The summed E-state index contributed by atoms with van der Waals surface area (Å²) in [6, 6.07) is 13.1. The molecule has 0 aliphatic carbocycles. The Morgan fingerprint density at radius 2 is 1.48 bits per heavy atom. The molecule has 1 aliphatic rings. The van der Waals surface area contributed by atoms with Gasteiger partial charge >= 0.3 is 0 Å². The van der Waals surface area contributed by atoms with Crippen molar-refractivity contribution in [2.24, 2.45) is 0 Å². The number of pyridine rings is 1. The van der Waals surface area contributed by atoms with Crippen LogP contribution in [0.1, 0.15) is 19.8 Å². The van der Waals surface area contributed by atoms with E-state index >= 15 is 0 Å². The lowest BCUT2D eigenvalue weighted by Crippen LogP contribution is -2.47. The predicted octanol–water partition coefficient (Wildman–Crippen LogP) is 2.60. The van der Waals surface area contributed by atoms with Gasteiger partial charge < -0.3 is 21.0 Å². The van der Waals surface area contributed by atoms with Gasteiger partial charge in [-0.05, 0) is 36.4 Å². The lowest BCUT2D eigenvalue weighted by atomic mass is 10.2. The normalized spacial score (nSPS) is 13.1. The number of halogens is 2. The summed E-state index contributed by atoms with van der Waals surface area (Å²) < 4.78 is 0. The van der Waals surface area contributed by atoms with Crippen LogP contribution in [0.2, 0.25) is 0 Å². The lowest BCUT2D eigenvalue weighted by Gasteiger charge is -2.35. The van der Waals surface area contributed by atoms with Gasteiger partial charge in [-0.3, -0.25) is 14.5 Å². The highest BCUT2D eigenvalue weighted by molar-refractivity contribution is 5.92. The van der Waals surface area contributed by atoms with Crippen LogP contribution in [0.4, 0.5) is 17.2 Å². The molecule has 10 heteroatoms. The molecule has 31 heavy (non-hydrogen) atoms. The van der Waals surface area contributed by atoms with Crippen molar-refractivity contribution in [3.8, 4) is 0 Å². The summed E-state index contributed by atoms with van der Waals surface area (Å²) in [6.45, 7) is 6.24. The van der Waals surface area contributed by atoms with Gasteiger partial charge in [-0.2, -0.15) is 0 Å². The first-order valence-electron chi connectivity index (χ1n) is 9.72. The maximum atomic E-state index is 12.2. The van der Waals surface area contributed by atoms with Gasteiger partial charge in [0.2, 0.25) is 11.8 Å². The first-order chi connectivity index (χ1) is 13.6. The highest BCUT2D eigenvalue weighted by atomic mass is 35.5. The van der Waals surface area contributed by atoms with Gasteiger partial charge in [-0.15, -0.1) is 24.8 Å². The summed E-state index contributed by atoms with van der Waals surface area (Å²) in [5.41, 5.74) is 1.47. The van der Waals surface area contributed by atoms with Crippen molar-refractivity contribution in [1.29, 1.82) is 0 Å². The third-order valence-electron chi connectivity index (χ3n) is 4.77. The Balaban J connectivity index is 0.00000300. The van der Waals surface area contributed by atoms with Crippen LogP contribution < -0.4 is 15.5 Å². The highest BCUT2D eigenvalue weighted by Gasteiger charge is 2.18. The number of nitrogens with zero attached hydrogens (tertiary/aromatic N) is 3. The average molecular weight is 472 g/mol. The molecule has 8 nitrogen and oxygen atoms in total. The first-order valence-corrected chi connectivity index (χ1v) is 9.72. The maximum absolute atomic E-state index is 12.2. The summed E-state index contributed by atoms with van der Waals surface area (Å²) >= 11 is 0. The minimum atomic E-state index is -0.0278. The number of hydrogen-bond acceptors (Lipinski definition) is 5. The lowest BCUT2D eigenvalue weighted by molar-refractivity contribution is -0.117. The first kappa shape index (κ1) is 28.6. The van der Waals surface area contributed by atoms with Gasteiger partial charge in [-0.25, -0.2) is 4.98 Å². The molecule has 1 aromatic carbocycles. The van der Waals surface area contributed by atoms with E-state index in [0.29, 0.717) is 12.8 Å². The Hall–Kier alpha value is -2.39. The Morgan fingerprint density at radius 3 is 2.00 bits per heavy atom. The number of hydrogen-bond donors (Lipinski definition) is 2. The number of aromatic nitrogens is 1. The number of benzene rings is 1. The van der Waals surface area contributed by atoms with Crippen LogP contribution in [0, 0.1) is 0 Å². The Labute approximate surface area is 195 Å². The molecule has 0 radical (unpaired) electrons. The van der Waals surface area contributed by atoms with Crippen molar-refractivity contribution in [1.82, 2.24) is 9.88 Å². The van der Waals surface area contributed by atoms with Crippen molar-refractivity contribution >= 4 is 53.8 Å².